The molecule has 2 aliphatic rings. The van der Waals surface area contributed by atoms with E-state index < -0.39 is 6.17 Å². The molecule has 1 atom stereocenters. The minimum Gasteiger partial charge on any atom is -0.493 e. The number of hydrogen-bond donors (Lipinski definition) is 1. The maximum atomic E-state index is 13.1. The van der Waals surface area contributed by atoms with Crippen LogP contribution >= 0.6 is 27.7 Å². The zero-order valence-electron chi connectivity index (χ0n) is 16.8. The van der Waals surface area contributed by atoms with Gasteiger partial charge < -0.3 is 9.47 Å². The Hall–Kier alpha value is -2.52. The Labute approximate surface area is 187 Å². The molecule has 2 aromatic carbocycles. The molecular formula is C21H21BrN4O3S. The average Bonchev–Trinajstić information content (AvgIpc) is 2.76. The first kappa shape index (κ1) is 20.7. The highest BCUT2D eigenvalue weighted by molar-refractivity contribution is 9.10. The minimum absolute atomic E-state index is 0.187. The van der Waals surface area contributed by atoms with E-state index in [1.54, 1.807) is 19.2 Å². The molecule has 1 amide bonds. The number of benzene rings is 2. The van der Waals surface area contributed by atoms with E-state index in [-0.39, 0.29) is 5.91 Å². The number of hydrogen-bond acceptors (Lipinski definition) is 7. The van der Waals surface area contributed by atoms with Crippen LogP contribution in [0.15, 0.2) is 51.0 Å². The Kier molecular flexibility index (Phi) is 6.01. The molecule has 9 heteroatoms. The SMILES string of the molecule is CCCSC1=NN2C(=c3ccccc3=N[C@H]2c2cc(OC)c(OC)cc2Br)C(=O)N1. The van der Waals surface area contributed by atoms with E-state index in [0.29, 0.717) is 22.4 Å². The Balaban J connectivity index is 1.92. The molecule has 0 saturated carbocycles. The molecule has 0 radical (unpaired) electrons. The Morgan fingerprint density at radius 2 is 1.93 bits per heavy atom. The second-order valence-corrected chi connectivity index (χ2v) is 8.59. The van der Waals surface area contributed by atoms with Gasteiger partial charge in [-0.2, -0.15) is 0 Å². The molecule has 30 heavy (non-hydrogen) atoms. The summed E-state index contributed by atoms with van der Waals surface area (Å²) in [5.74, 6) is 1.86. The molecule has 2 aromatic rings. The zero-order valence-corrected chi connectivity index (χ0v) is 19.2. The summed E-state index contributed by atoms with van der Waals surface area (Å²) in [6.07, 6.45) is 0.445. The summed E-state index contributed by atoms with van der Waals surface area (Å²) in [7, 11) is 3.18. The number of para-hydroxylation sites is 1. The lowest BCUT2D eigenvalue weighted by molar-refractivity contribution is -0.116. The van der Waals surface area contributed by atoms with Crippen molar-refractivity contribution in [2.75, 3.05) is 20.0 Å². The number of carbonyl (C=O) groups excluding carboxylic acids is 1. The van der Waals surface area contributed by atoms with Crippen LogP contribution in [0, 0.1) is 0 Å². The minimum atomic E-state index is -0.535. The number of ether oxygens (including phenoxy) is 2. The summed E-state index contributed by atoms with van der Waals surface area (Å²) in [5.41, 5.74) is 1.30. The first-order valence-corrected chi connectivity index (χ1v) is 11.3. The molecule has 0 unspecified atom stereocenters. The summed E-state index contributed by atoms with van der Waals surface area (Å²) in [5, 5.41) is 11.4. The first-order chi connectivity index (χ1) is 14.6. The normalized spacial score (nSPS) is 17.4. The van der Waals surface area contributed by atoms with E-state index in [2.05, 4.69) is 28.2 Å². The predicted molar refractivity (Wildman–Crippen MR) is 121 cm³/mol. The van der Waals surface area contributed by atoms with Crippen LogP contribution < -0.4 is 25.4 Å². The van der Waals surface area contributed by atoms with Gasteiger partial charge in [-0.1, -0.05) is 52.8 Å². The van der Waals surface area contributed by atoms with Gasteiger partial charge in [0.1, 0.15) is 5.70 Å². The van der Waals surface area contributed by atoms with Crippen LogP contribution in [-0.4, -0.2) is 36.1 Å². The second-order valence-electron chi connectivity index (χ2n) is 6.65. The molecule has 4 rings (SSSR count). The van der Waals surface area contributed by atoms with Crippen LogP contribution in [-0.2, 0) is 4.79 Å². The van der Waals surface area contributed by atoms with Crippen molar-refractivity contribution >= 4 is 44.5 Å². The molecule has 0 aromatic heterocycles. The maximum absolute atomic E-state index is 13.1. The predicted octanol–water partition coefficient (Wildman–Crippen LogP) is 2.75. The lowest BCUT2D eigenvalue weighted by Gasteiger charge is -2.34. The average molecular weight is 489 g/mol. The van der Waals surface area contributed by atoms with Gasteiger partial charge in [0, 0.05) is 21.0 Å². The summed E-state index contributed by atoms with van der Waals surface area (Å²) >= 11 is 5.15. The molecule has 0 fully saturated rings. The molecule has 0 bridgehead atoms. The first-order valence-electron chi connectivity index (χ1n) is 9.48. The van der Waals surface area contributed by atoms with E-state index in [9.17, 15) is 4.79 Å². The molecule has 1 N–H and O–H groups in total. The van der Waals surface area contributed by atoms with Gasteiger partial charge in [-0.15, -0.1) is 5.10 Å². The number of amides is 1. The summed E-state index contributed by atoms with van der Waals surface area (Å²) < 4.78 is 11.7. The van der Waals surface area contributed by atoms with E-state index in [0.717, 1.165) is 32.8 Å². The van der Waals surface area contributed by atoms with Crippen molar-refractivity contribution in [2.45, 2.75) is 19.5 Å². The van der Waals surface area contributed by atoms with Crippen molar-refractivity contribution in [2.24, 2.45) is 10.1 Å². The van der Waals surface area contributed by atoms with Crippen LogP contribution in [0.25, 0.3) is 5.70 Å². The molecule has 2 heterocycles. The third kappa shape index (κ3) is 3.67. The molecule has 0 saturated heterocycles. The highest BCUT2D eigenvalue weighted by Gasteiger charge is 2.35. The second kappa shape index (κ2) is 8.69. The summed E-state index contributed by atoms with van der Waals surface area (Å²) in [6, 6.07) is 11.3. The third-order valence-electron chi connectivity index (χ3n) is 4.74. The zero-order chi connectivity index (χ0) is 21.3. The van der Waals surface area contributed by atoms with Crippen LogP contribution in [0.3, 0.4) is 0 Å². The fraction of sp³-hybridized carbons (Fsp3) is 0.286. The van der Waals surface area contributed by atoms with Crippen molar-refractivity contribution in [3.63, 3.8) is 0 Å². The van der Waals surface area contributed by atoms with Crippen LogP contribution in [0.4, 0.5) is 0 Å². The number of fused-ring (bicyclic) bond motifs is 2. The van der Waals surface area contributed by atoms with Gasteiger partial charge in [-0.3, -0.25) is 15.1 Å². The third-order valence-corrected chi connectivity index (χ3v) is 6.50. The summed E-state index contributed by atoms with van der Waals surface area (Å²) in [6.45, 7) is 2.09. The topological polar surface area (TPSA) is 75.5 Å². The van der Waals surface area contributed by atoms with Gasteiger partial charge in [-0.25, -0.2) is 5.01 Å². The highest BCUT2D eigenvalue weighted by atomic mass is 79.9. The van der Waals surface area contributed by atoms with Crippen LogP contribution in [0.2, 0.25) is 0 Å². The standard InChI is InChI=1S/C21H21BrN4O3S/c1-4-9-30-21-24-20(27)18-12-7-5-6-8-15(12)23-19(26(18)25-21)13-10-16(28-2)17(29-3)11-14(13)22/h5-8,10-11,19H,4,9H2,1-3H3,(H,24,25,27)/t19-/m1/s1. The number of nitrogens with zero attached hydrogens (tertiary/aromatic N) is 3. The number of halogens is 1. The van der Waals surface area contributed by atoms with Crippen molar-refractivity contribution in [1.82, 2.24) is 10.3 Å². The molecule has 2 aliphatic heterocycles. The Bertz CT molecular complexity index is 1150. The van der Waals surface area contributed by atoms with Crippen molar-refractivity contribution in [3.05, 3.63) is 57.0 Å². The molecule has 7 nitrogen and oxygen atoms in total. The van der Waals surface area contributed by atoms with E-state index >= 15 is 0 Å². The van der Waals surface area contributed by atoms with Gasteiger partial charge in [0.05, 0.1) is 19.6 Å². The number of methoxy groups -OCH3 is 2. The van der Waals surface area contributed by atoms with Crippen LogP contribution in [0.1, 0.15) is 25.1 Å². The van der Waals surface area contributed by atoms with Crippen molar-refractivity contribution < 1.29 is 14.3 Å². The molecule has 156 valence electrons. The number of carbonyl (C=O) groups is 1. The Morgan fingerprint density at radius 1 is 1.20 bits per heavy atom. The molecule has 0 aliphatic carbocycles. The van der Waals surface area contributed by atoms with E-state index in [1.165, 1.54) is 11.8 Å². The van der Waals surface area contributed by atoms with Gasteiger partial charge >= 0.3 is 0 Å². The quantitative estimate of drug-likeness (QED) is 0.700. The number of thioether (sulfide) groups is 1. The van der Waals surface area contributed by atoms with Crippen LogP contribution in [0.5, 0.6) is 11.5 Å². The lowest BCUT2D eigenvalue weighted by atomic mass is 10.1. The highest BCUT2D eigenvalue weighted by Crippen LogP contribution is 2.40. The maximum Gasteiger partial charge on any atom is 0.276 e. The largest absolute Gasteiger partial charge is 0.493 e. The van der Waals surface area contributed by atoms with Crippen molar-refractivity contribution in [1.29, 1.82) is 0 Å². The molecule has 0 spiro atoms. The van der Waals surface area contributed by atoms with Crippen molar-refractivity contribution in [3.8, 4) is 11.5 Å². The van der Waals surface area contributed by atoms with E-state index in [4.69, 9.17) is 19.6 Å². The van der Waals surface area contributed by atoms with E-state index in [1.807, 2.05) is 36.4 Å². The fourth-order valence-corrected chi connectivity index (χ4v) is 4.60. The number of rotatable bonds is 5. The smallest absolute Gasteiger partial charge is 0.276 e. The summed E-state index contributed by atoms with van der Waals surface area (Å²) in [4.78, 5) is 18.0. The van der Waals surface area contributed by atoms with Gasteiger partial charge in [0.25, 0.3) is 5.91 Å². The Morgan fingerprint density at radius 3 is 2.67 bits per heavy atom. The fourth-order valence-electron chi connectivity index (χ4n) is 3.36. The van der Waals surface area contributed by atoms with Gasteiger partial charge in [-0.05, 0) is 24.6 Å². The molecular weight excluding hydrogens is 468 g/mol. The number of amidine groups is 1. The number of nitrogens with one attached hydrogen (secondary N) is 1. The lowest BCUT2D eigenvalue weighted by Crippen LogP contribution is -2.50. The van der Waals surface area contributed by atoms with Gasteiger partial charge in [0.15, 0.2) is 22.8 Å². The number of hydrazone groups is 1. The monoisotopic (exact) mass is 488 g/mol. The van der Waals surface area contributed by atoms with Gasteiger partial charge in [0.2, 0.25) is 0 Å².